The molecule has 9 atom stereocenters. The van der Waals surface area contributed by atoms with Gasteiger partial charge in [0.1, 0.15) is 11.6 Å². The summed E-state index contributed by atoms with van der Waals surface area (Å²) in [5, 5.41) is 33.2. The third-order valence-electron chi connectivity index (χ3n) is 15.9. The molecule has 494 valence electrons. The molecule has 1 aromatic carbocycles. The minimum Gasteiger partial charge on any atom is -0.379 e. The van der Waals surface area contributed by atoms with Crippen LogP contribution in [0.4, 0.5) is 14.4 Å². The third-order valence-corrected chi connectivity index (χ3v) is 18.9. The average Bonchev–Trinajstić information content (AvgIpc) is 3.84. The molecule has 0 saturated carbocycles. The van der Waals surface area contributed by atoms with E-state index in [1.807, 2.05) is 37.4 Å². The smallest absolute Gasteiger partial charge is 0.315 e. The van der Waals surface area contributed by atoms with Crippen LogP contribution in [0.5, 0.6) is 0 Å². The van der Waals surface area contributed by atoms with Crippen molar-refractivity contribution in [3.05, 3.63) is 34.9 Å². The first-order chi connectivity index (χ1) is 42.8. The van der Waals surface area contributed by atoms with E-state index in [0.29, 0.717) is 126 Å². The van der Waals surface area contributed by atoms with Gasteiger partial charge in [-0.15, -0.1) is 0 Å². The summed E-state index contributed by atoms with van der Waals surface area (Å²) in [6.07, 6.45) is 11.9. The number of ketones is 2. The summed E-state index contributed by atoms with van der Waals surface area (Å²) in [6, 6.07) is 5.51. The van der Waals surface area contributed by atoms with E-state index in [2.05, 4.69) is 58.5 Å². The average molecular weight is 1280 g/mol. The Morgan fingerprint density at radius 1 is 0.443 bits per heavy atom. The number of urea groups is 3. The summed E-state index contributed by atoms with van der Waals surface area (Å²) >= 11 is 3.82. The summed E-state index contributed by atoms with van der Waals surface area (Å²) in [7, 11) is 0. The lowest BCUT2D eigenvalue weighted by Crippen LogP contribution is -2.40. The zero-order chi connectivity index (χ0) is 62.7. The molecule has 6 saturated heterocycles. The van der Waals surface area contributed by atoms with E-state index in [0.717, 1.165) is 75.8 Å². The lowest BCUT2D eigenvalue weighted by Gasteiger charge is -2.17. The van der Waals surface area contributed by atoms with Crippen molar-refractivity contribution < 1.29 is 71.6 Å². The molecule has 6 fully saturated rings. The highest BCUT2D eigenvalue weighted by Crippen LogP contribution is 2.34. The topological polar surface area (TPSA) is 341 Å². The number of carbonyl (C=O) groups excluding carboxylic acids is 9. The van der Waals surface area contributed by atoms with Gasteiger partial charge < -0.3 is 86.9 Å². The molecule has 0 aliphatic carbocycles. The van der Waals surface area contributed by atoms with Crippen LogP contribution in [-0.4, -0.2) is 230 Å². The number of amides is 10. The van der Waals surface area contributed by atoms with E-state index >= 15 is 0 Å². The molecule has 0 spiro atoms. The number of Topliss-reactive ketones (excluding diaryl/α,β-unsaturated/α-hetero) is 2. The van der Waals surface area contributed by atoms with E-state index in [1.165, 1.54) is 18.2 Å². The van der Waals surface area contributed by atoms with Gasteiger partial charge in [0.05, 0.1) is 102 Å². The molecule has 26 nitrogen and oxygen atoms in total. The Balaban J connectivity index is 0.000000620. The van der Waals surface area contributed by atoms with Crippen molar-refractivity contribution in [1.29, 1.82) is 0 Å². The Kier molecular flexibility index (Phi) is 33.5. The van der Waals surface area contributed by atoms with Gasteiger partial charge in [-0.3, -0.25) is 28.8 Å². The van der Waals surface area contributed by atoms with Crippen LogP contribution < -0.4 is 58.5 Å². The van der Waals surface area contributed by atoms with Crippen LogP contribution in [0.2, 0.25) is 0 Å². The van der Waals surface area contributed by atoms with E-state index in [-0.39, 0.29) is 123 Å². The Morgan fingerprint density at radius 3 is 1.34 bits per heavy atom. The number of rotatable bonds is 45. The van der Waals surface area contributed by atoms with Crippen LogP contribution in [0, 0.1) is 0 Å². The van der Waals surface area contributed by atoms with Crippen LogP contribution >= 0.6 is 23.5 Å². The van der Waals surface area contributed by atoms with Crippen molar-refractivity contribution in [3.8, 4) is 0 Å². The fourth-order valence-electron chi connectivity index (χ4n) is 11.1. The molecule has 88 heavy (non-hydrogen) atoms. The molecule has 1 aromatic rings. The van der Waals surface area contributed by atoms with Crippen molar-refractivity contribution in [2.24, 2.45) is 0 Å². The normalized spacial score (nSPS) is 22.8. The van der Waals surface area contributed by atoms with Gasteiger partial charge in [-0.2, -0.15) is 23.5 Å². The number of fused-ring (bicyclic) bond motifs is 3. The Morgan fingerprint density at radius 2 is 0.852 bits per heavy atom. The van der Waals surface area contributed by atoms with Gasteiger partial charge in [0.2, 0.25) is 5.91 Å². The van der Waals surface area contributed by atoms with Gasteiger partial charge in [-0.25, -0.2) is 14.4 Å². The fourth-order valence-corrected chi connectivity index (χ4v) is 14.2. The fraction of sp³-hybridized carbons (Fsp3) is 0.750. The van der Waals surface area contributed by atoms with Crippen molar-refractivity contribution in [2.75, 3.05) is 124 Å². The van der Waals surface area contributed by atoms with Crippen molar-refractivity contribution in [2.45, 2.75) is 163 Å². The predicted molar refractivity (Wildman–Crippen MR) is 334 cm³/mol. The van der Waals surface area contributed by atoms with Crippen LogP contribution in [-0.2, 0) is 42.8 Å². The first-order valence-corrected chi connectivity index (χ1v) is 33.8. The molecule has 0 aromatic heterocycles. The van der Waals surface area contributed by atoms with Gasteiger partial charge in [-0.1, -0.05) is 26.2 Å². The number of benzene rings is 1. The molecule has 28 heteroatoms. The number of hydrogen-bond donors (Lipinski definition) is 11. The van der Waals surface area contributed by atoms with Gasteiger partial charge in [0.15, 0.2) is 0 Å². The van der Waals surface area contributed by atoms with Gasteiger partial charge >= 0.3 is 18.1 Å². The minimum absolute atomic E-state index is 0.0218. The predicted octanol–water partition coefficient (Wildman–Crippen LogP) is 2.46. The first-order valence-electron chi connectivity index (χ1n) is 31.8. The molecule has 6 heterocycles. The molecule has 7 rings (SSSR count). The summed E-state index contributed by atoms with van der Waals surface area (Å²) in [5.41, 5.74) is 0.365. The molecule has 6 aliphatic rings. The van der Waals surface area contributed by atoms with Gasteiger partial charge in [-0.05, 0) is 70.1 Å². The zero-order valence-electron chi connectivity index (χ0n) is 51.4. The van der Waals surface area contributed by atoms with Crippen molar-refractivity contribution >= 4 is 76.8 Å². The molecular weight excluding hydrogens is 1180 g/mol. The summed E-state index contributed by atoms with van der Waals surface area (Å²) in [6.45, 7) is 9.54. The second-order valence-electron chi connectivity index (χ2n) is 22.5. The lowest BCUT2D eigenvalue weighted by atomic mass is 10.0. The minimum atomic E-state index is -0.494. The van der Waals surface area contributed by atoms with Crippen LogP contribution in [0.15, 0.2) is 18.2 Å². The molecule has 9 unspecified atom stereocenters. The van der Waals surface area contributed by atoms with Crippen molar-refractivity contribution in [1.82, 2.24) is 58.5 Å². The lowest BCUT2D eigenvalue weighted by molar-refractivity contribution is -0.121. The SMILES string of the molecule is CCC(=O)CCCCC1SCC2NC(=O)NC21.CCOCCOCCNC(=O)c1cc(C(=O)NCCOCCOCCCC(=O)CCCCC2SCC3NC(=O)NC32)cc(C(=O)NCCOCCOCCNC(=O)CCCCC2NCC3NC(=O)NC23)c1. The monoisotopic (exact) mass is 1280 g/mol. The van der Waals surface area contributed by atoms with Crippen molar-refractivity contribution in [3.63, 3.8) is 0 Å². The molecule has 10 amide bonds. The number of carbonyl (C=O) groups is 9. The van der Waals surface area contributed by atoms with Crippen LogP contribution in [0.25, 0.3) is 0 Å². The number of unbranched alkanes of at least 4 members (excludes halogenated alkanes) is 3. The summed E-state index contributed by atoms with van der Waals surface area (Å²) in [5.74, 6) is 1.03. The number of ether oxygens (including phenoxy) is 6. The standard InChI is InChI=1S/C48H77N9O13S.C12H20N2O2S/c1-2-65-22-23-68-19-14-50-44(60)33-28-34(45(61)51-15-20-69-25-24-66-17-7-9-36(58)8-3-5-11-40-43-39(32-71-40)55-48(64)57-43)30-35(29-33)46(62)52-16-21-70-27-26-67-18-13-49-41(59)12-6-4-10-37-42-38(31-53-37)54-47(63)56-42;1-2-8(15)5-3-4-6-10-11-9(7-17-10)13-12(16)14-11/h28-30,37-40,42-43,53H,2-27,31-32H2,1H3,(H,49,59)(H,50,60)(H,51,61)(H,52,62)(H2,54,56,63)(H2,55,57,64);9-11H,2-7H2,1H3,(H2,13,14,16). The maximum Gasteiger partial charge on any atom is 0.315 e. The molecular formula is C60H97N11O15S2. The highest BCUT2D eigenvalue weighted by Gasteiger charge is 2.44. The Labute approximate surface area is 526 Å². The Hall–Kier alpha value is -5.33. The second kappa shape index (κ2) is 41.1. The van der Waals surface area contributed by atoms with E-state index in [9.17, 15) is 43.2 Å². The number of hydrogen-bond acceptors (Lipinski definition) is 18. The zero-order valence-corrected chi connectivity index (χ0v) is 53.0. The van der Waals surface area contributed by atoms with E-state index in [1.54, 1.807) is 0 Å². The van der Waals surface area contributed by atoms with E-state index in [4.69, 9.17) is 28.4 Å². The summed E-state index contributed by atoms with van der Waals surface area (Å²) < 4.78 is 33.1. The maximum absolute atomic E-state index is 13.2. The molecule has 0 radical (unpaired) electrons. The van der Waals surface area contributed by atoms with Gasteiger partial charge in [0, 0.05) is 123 Å². The highest BCUT2D eigenvalue weighted by atomic mass is 32.2. The maximum atomic E-state index is 13.2. The third kappa shape index (κ3) is 26.2. The molecule has 0 bridgehead atoms. The Bertz CT molecular complexity index is 2270. The second-order valence-corrected chi connectivity index (χ2v) is 25.0. The quantitative estimate of drug-likeness (QED) is 0.0330. The molecule has 6 aliphatic heterocycles. The van der Waals surface area contributed by atoms with Crippen LogP contribution in [0.3, 0.4) is 0 Å². The first kappa shape index (κ1) is 71.7. The summed E-state index contributed by atoms with van der Waals surface area (Å²) in [4.78, 5) is 110. The highest BCUT2D eigenvalue weighted by molar-refractivity contribution is 8.00. The van der Waals surface area contributed by atoms with Crippen LogP contribution in [0.1, 0.15) is 141 Å². The number of thioether (sulfide) groups is 2. The van der Waals surface area contributed by atoms with Gasteiger partial charge in [0.25, 0.3) is 17.7 Å². The van der Waals surface area contributed by atoms with E-state index < -0.39 is 17.7 Å². The number of nitrogens with one attached hydrogen (secondary N) is 11. The largest absolute Gasteiger partial charge is 0.379 e. The molecule has 11 N–H and O–H groups in total.